The van der Waals surface area contributed by atoms with E-state index in [1.54, 1.807) is 0 Å². The van der Waals surface area contributed by atoms with Crippen LogP contribution in [0.1, 0.15) is 0 Å². The Balaban J connectivity index is 1.01. The fourth-order valence-corrected chi connectivity index (χ4v) is 8.63. The molecule has 0 spiro atoms. The summed E-state index contributed by atoms with van der Waals surface area (Å²) in [6.45, 7) is 0. The van der Waals surface area contributed by atoms with Gasteiger partial charge in [-0.2, -0.15) is 0 Å². The minimum absolute atomic E-state index is 0.927. The van der Waals surface area contributed by atoms with Crippen molar-refractivity contribution in [3.8, 4) is 33.4 Å². The lowest BCUT2D eigenvalue weighted by molar-refractivity contribution is 0.673. The molecule has 0 aliphatic carbocycles. The van der Waals surface area contributed by atoms with Gasteiger partial charge in [-0.25, -0.2) is 0 Å². The first kappa shape index (κ1) is 29.5. The molecule has 10 rings (SSSR count). The number of fused-ring (bicyclic) bond motifs is 7. The monoisotopic (exact) mass is 669 g/mol. The molecule has 0 unspecified atom stereocenters. The molecule has 0 aliphatic heterocycles. The number of rotatable bonds is 6. The molecule has 2 aromatic heterocycles. The van der Waals surface area contributed by atoms with Crippen molar-refractivity contribution in [2.45, 2.75) is 0 Å². The fraction of sp³-hybridized carbons (Fsp3) is 0. The van der Waals surface area contributed by atoms with Crippen LogP contribution in [0.3, 0.4) is 0 Å². The van der Waals surface area contributed by atoms with Crippen LogP contribution < -0.4 is 4.90 Å². The second-order valence-corrected chi connectivity index (χ2v) is 14.0. The predicted octanol–water partition coefficient (Wildman–Crippen LogP) is 14.4. The molecular formula is C48H31NOS. The topological polar surface area (TPSA) is 16.4 Å². The van der Waals surface area contributed by atoms with E-state index >= 15 is 0 Å². The lowest BCUT2D eigenvalue weighted by Gasteiger charge is -2.25. The number of thiophene rings is 1. The molecule has 0 fully saturated rings. The molecule has 3 heteroatoms. The maximum Gasteiger partial charge on any atom is 0.153 e. The van der Waals surface area contributed by atoms with Gasteiger partial charge in [-0.1, -0.05) is 127 Å². The van der Waals surface area contributed by atoms with Gasteiger partial charge >= 0.3 is 0 Å². The molecule has 10 aromatic rings. The van der Waals surface area contributed by atoms with Crippen molar-refractivity contribution in [2.24, 2.45) is 0 Å². The highest BCUT2D eigenvalue weighted by Crippen LogP contribution is 2.47. The highest BCUT2D eigenvalue weighted by Gasteiger charge is 2.19. The summed E-state index contributed by atoms with van der Waals surface area (Å²) in [6, 6.07) is 67.2. The van der Waals surface area contributed by atoms with E-state index in [1.165, 1.54) is 53.6 Å². The van der Waals surface area contributed by atoms with Crippen molar-refractivity contribution < 1.29 is 4.42 Å². The first-order valence-electron chi connectivity index (χ1n) is 17.3. The van der Waals surface area contributed by atoms with Crippen LogP contribution in [0.2, 0.25) is 0 Å². The van der Waals surface area contributed by atoms with E-state index in [2.05, 4.69) is 187 Å². The van der Waals surface area contributed by atoms with Crippen molar-refractivity contribution in [3.63, 3.8) is 0 Å². The van der Waals surface area contributed by atoms with E-state index in [0.29, 0.717) is 0 Å². The first-order chi connectivity index (χ1) is 25.3. The smallest absolute Gasteiger partial charge is 0.153 e. The van der Waals surface area contributed by atoms with Gasteiger partial charge in [-0.05, 0) is 94.0 Å². The van der Waals surface area contributed by atoms with Crippen LogP contribution in [0.15, 0.2) is 192 Å². The fourth-order valence-electron chi connectivity index (χ4n) is 7.42. The number of hydrogen-bond donors (Lipinski definition) is 0. The molecule has 2 heterocycles. The molecule has 0 saturated heterocycles. The van der Waals surface area contributed by atoms with E-state index in [1.807, 2.05) is 17.4 Å². The van der Waals surface area contributed by atoms with Crippen LogP contribution in [-0.2, 0) is 0 Å². The Labute approximate surface area is 300 Å². The van der Waals surface area contributed by atoms with Crippen LogP contribution in [0.25, 0.3) is 75.5 Å². The molecular weight excluding hydrogens is 639 g/mol. The molecule has 0 aliphatic rings. The number of nitrogens with zero attached hydrogens (tertiary/aromatic N) is 1. The van der Waals surface area contributed by atoms with Gasteiger partial charge < -0.3 is 9.32 Å². The average molecular weight is 670 g/mol. The molecule has 0 amide bonds. The maximum atomic E-state index is 6.49. The van der Waals surface area contributed by atoms with E-state index < -0.39 is 0 Å². The lowest BCUT2D eigenvalue weighted by Crippen LogP contribution is -2.09. The van der Waals surface area contributed by atoms with Crippen LogP contribution in [0.5, 0.6) is 0 Å². The van der Waals surface area contributed by atoms with Gasteiger partial charge in [0, 0.05) is 43.3 Å². The molecule has 2 nitrogen and oxygen atoms in total. The zero-order valence-electron chi connectivity index (χ0n) is 27.7. The Morgan fingerprint density at radius 3 is 1.65 bits per heavy atom. The Kier molecular flexibility index (Phi) is 7.04. The van der Waals surface area contributed by atoms with Gasteiger partial charge in [0.1, 0.15) is 5.58 Å². The number of para-hydroxylation sites is 3. The summed E-state index contributed by atoms with van der Waals surface area (Å²) in [4.78, 5) is 2.29. The number of anilines is 3. The third kappa shape index (κ3) is 5.10. The average Bonchev–Trinajstić information content (AvgIpc) is 3.78. The van der Waals surface area contributed by atoms with E-state index in [4.69, 9.17) is 4.42 Å². The van der Waals surface area contributed by atoms with Crippen molar-refractivity contribution >= 4 is 70.5 Å². The standard InChI is InChI=1S/C48H31NOS/c1-3-14-37(15-4-1)49(38-16-5-2-6-17-38)39-28-26-33(27-29-39)32-22-24-34(25-23-32)35-12-11-13-36(30-35)42-31-43-40-18-7-9-20-44(40)50-47(43)48-46(42)41-19-8-10-21-45(41)51-48/h1-31H. The van der Waals surface area contributed by atoms with E-state index in [9.17, 15) is 0 Å². The van der Waals surface area contributed by atoms with Gasteiger partial charge in [0.15, 0.2) is 5.58 Å². The van der Waals surface area contributed by atoms with Gasteiger partial charge in [-0.3, -0.25) is 0 Å². The van der Waals surface area contributed by atoms with Gasteiger partial charge in [0.25, 0.3) is 0 Å². The minimum atomic E-state index is 0.927. The SMILES string of the molecule is c1ccc(N(c2ccccc2)c2ccc(-c3ccc(-c4cccc(-c5cc6c7ccccc7oc6c6sc7ccccc7c56)c4)cc3)cc2)cc1. The molecule has 240 valence electrons. The maximum absolute atomic E-state index is 6.49. The molecule has 0 saturated carbocycles. The van der Waals surface area contributed by atoms with Gasteiger partial charge in [0.2, 0.25) is 0 Å². The second-order valence-electron chi connectivity index (χ2n) is 12.9. The Bertz CT molecular complexity index is 2790. The Hall–Kier alpha value is -6.42. The zero-order valence-corrected chi connectivity index (χ0v) is 28.5. The van der Waals surface area contributed by atoms with Crippen molar-refractivity contribution in [2.75, 3.05) is 4.90 Å². The number of hydrogen-bond acceptors (Lipinski definition) is 3. The quantitative estimate of drug-likeness (QED) is 0.175. The molecule has 0 radical (unpaired) electrons. The van der Waals surface area contributed by atoms with Crippen molar-refractivity contribution in [1.82, 2.24) is 0 Å². The Morgan fingerprint density at radius 1 is 0.392 bits per heavy atom. The molecule has 0 atom stereocenters. The van der Waals surface area contributed by atoms with E-state index in [-0.39, 0.29) is 0 Å². The van der Waals surface area contributed by atoms with Crippen molar-refractivity contribution in [1.29, 1.82) is 0 Å². The van der Waals surface area contributed by atoms with Crippen LogP contribution >= 0.6 is 11.3 Å². The largest absolute Gasteiger partial charge is 0.455 e. The molecule has 0 bridgehead atoms. The summed E-state index contributed by atoms with van der Waals surface area (Å²) in [5.41, 5.74) is 12.5. The zero-order chi connectivity index (χ0) is 33.7. The highest BCUT2D eigenvalue weighted by atomic mass is 32.1. The first-order valence-corrected chi connectivity index (χ1v) is 18.1. The predicted molar refractivity (Wildman–Crippen MR) is 218 cm³/mol. The van der Waals surface area contributed by atoms with Crippen molar-refractivity contribution in [3.05, 3.63) is 188 Å². The summed E-state index contributed by atoms with van der Waals surface area (Å²) in [7, 11) is 0. The summed E-state index contributed by atoms with van der Waals surface area (Å²) in [5.74, 6) is 0. The summed E-state index contributed by atoms with van der Waals surface area (Å²) >= 11 is 1.82. The lowest BCUT2D eigenvalue weighted by atomic mass is 9.94. The Morgan fingerprint density at radius 2 is 0.941 bits per heavy atom. The number of benzene rings is 8. The summed E-state index contributed by atoms with van der Waals surface area (Å²) in [6.07, 6.45) is 0. The normalized spacial score (nSPS) is 11.5. The molecule has 51 heavy (non-hydrogen) atoms. The second kappa shape index (κ2) is 12.2. The van der Waals surface area contributed by atoms with Gasteiger partial charge in [-0.15, -0.1) is 11.3 Å². The number of furan rings is 1. The highest BCUT2D eigenvalue weighted by molar-refractivity contribution is 7.26. The molecule has 0 N–H and O–H groups in total. The van der Waals surface area contributed by atoms with Crippen LogP contribution in [-0.4, -0.2) is 0 Å². The van der Waals surface area contributed by atoms with Crippen LogP contribution in [0.4, 0.5) is 17.1 Å². The summed E-state index contributed by atoms with van der Waals surface area (Å²) < 4.78 is 8.97. The third-order valence-corrected chi connectivity index (χ3v) is 11.0. The summed E-state index contributed by atoms with van der Waals surface area (Å²) in [5, 5.41) is 4.85. The molecule has 8 aromatic carbocycles. The van der Waals surface area contributed by atoms with Gasteiger partial charge in [0.05, 0.1) is 4.70 Å². The third-order valence-electron chi connectivity index (χ3n) is 9.87. The van der Waals surface area contributed by atoms with E-state index in [0.717, 1.165) is 39.0 Å². The minimum Gasteiger partial charge on any atom is -0.455 e. The van der Waals surface area contributed by atoms with Crippen LogP contribution in [0, 0.1) is 0 Å².